The number of rotatable bonds is 1. The fraction of sp³-hybridized carbons (Fsp3) is 0.308. The maximum atomic E-state index is 6.14. The Morgan fingerprint density at radius 1 is 1.20 bits per heavy atom. The third-order valence-corrected chi connectivity index (χ3v) is 2.88. The molecule has 78 valence electrons. The standard InChI is InChI=1S/C13H14ClN/c1-8(2)11-7-10-5-4-9(3)6-12(10)15-13(11)14/h4-8H,1-3H3. The summed E-state index contributed by atoms with van der Waals surface area (Å²) < 4.78 is 0. The van der Waals surface area contributed by atoms with Gasteiger partial charge in [0.15, 0.2) is 0 Å². The minimum Gasteiger partial charge on any atom is -0.236 e. The zero-order chi connectivity index (χ0) is 11.0. The highest BCUT2D eigenvalue weighted by Crippen LogP contribution is 2.26. The maximum absolute atomic E-state index is 6.14. The van der Waals surface area contributed by atoms with Gasteiger partial charge in [-0.1, -0.05) is 37.6 Å². The van der Waals surface area contributed by atoms with Crippen LogP contribution in [0.3, 0.4) is 0 Å². The molecule has 15 heavy (non-hydrogen) atoms. The smallest absolute Gasteiger partial charge is 0.133 e. The van der Waals surface area contributed by atoms with E-state index in [4.69, 9.17) is 11.6 Å². The molecule has 0 amide bonds. The summed E-state index contributed by atoms with van der Waals surface area (Å²) in [5, 5.41) is 1.79. The maximum Gasteiger partial charge on any atom is 0.133 e. The highest BCUT2D eigenvalue weighted by atomic mass is 35.5. The second-order valence-corrected chi connectivity index (χ2v) is 4.58. The minimum absolute atomic E-state index is 0.413. The van der Waals surface area contributed by atoms with E-state index >= 15 is 0 Å². The molecule has 2 rings (SSSR count). The molecular weight excluding hydrogens is 206 g/mol. The first kappa shape index (κ1) is 10.4. The Labute approximate surface area is 95.1 Å². The third-order valence-electron chi connectivity index (χ3n) is 2.58. The molecule has 1 heterocycles. The van der Waals surface area contributed by atoms with Crippen LogP contribution in [-0.4, -0.2) is 4.98 Å². The van der Waals surface area contributed by atoms with Crippen LogP contribution < -0.4 is 0 Å². The van der Waals surface area contributed by atoms with E-state index in [0.29, 0.717) is 11.1 Å². The zero-order valence-electron chi connectivity index (χ0n) is 9.21. The first-order valence-corrected chi connectivity index (χ1v) is 5.52. The molecule has 0 radical (unpaired) electrons. The van der Waals surface area contributed by atoms with Gasteiger partial charge in [-0.05, 0) is 36.1 Å². The average Bonchev–Trinajstić information content (AvgIpc) is 2.15. The molecule has 0 N–H and O–H groups in total. The molecule has 0 aliphatic heterocycles. The van der Waals surface area contributed by atoms with Gasteiger partial charge in [-0.3, -0.25) is 0 Å². The van der Waals surface area contributed by atoms with Crippen molar-refractivity contribution in [1.29, 1.82) is 0 Å². The number of aryl methyl sites for hydroxylation is 1. The molecule has 0 aliphatic rings. The van der Waals surface area contributed by atoms with Crippen LogP contribution in [-0.2, 0) is 0 Å². The quantitative estimate of drug-likeness (QED) is 0.651. The lowest BCUT2D eigenvalue weighted by Crippen LogP contribution is -1.92. The SMILES string of the molecule is Cc1ccc2cc(C(C)C)c(Cl)nc2c1. The molecule has 0 aliphatic carbocycles. The molecule has 0 spiro atoms. The summed E-state index contributed by atoms with van der Waals surface area (Å²) in [7, 11) is 0. The predicted octanol–water partition coefficient (Wildman–Crippen LogP) is 4.32. The average molecular weight is 220 g/mol. The summed E-state index contributed by atoms with van der Waals surface area (Å²) in [5.74, 6) is 0.413. The van der Waals surface area contributed by atoms with E-state index in [2.05, 4.69) is 50.0 Å². The van der Waals surface area contributed by atoms with E-state index in [1.165, 1.54) is 5.56 Å². The molecule has 1 nitrogen and oxygen atoms in total. The number of pyridine rings is 1. The Morgan fingerprint density at radius 2 is 1.93 bits per heavy atom. The van der Waals surface area contributed by atoms with Gasteiger partial charge in [0, 0.05) is 5.39 Å². The van der Waals surface area contributed by atoms with Crippen LogP contribution >= 0.6 is 11.6 Å². The topological polar surface area (TPSA) is 12.9 Å². The van der Waals surface area contributed by atoms with Gasteiger partial charge in [-0.15, -0.1) is 0 Å². The fourth-order valence-electron chi connectivity index (χ4n) is 1.67. The lowest BCUT2D eigenvalue weighted by atomic mass is 10.0. The first-order chi connectivity index (χ1) is 7.08. The predicted molar refractivity (Wildman–Crippen MR) is 65.6 cm³/mol. The van der Waals surface area contributed by atoms with E-state index in [9.17, 15) is 0 Å². The van der Waals surface area contributed by atoms with Gasteiger partial charge in [-0.25, -0.2) is 4.98 Å². The third kappa shape index (κ3) is 1.98. The summed E-state index contributed by atoms with van der Waals surface area (Å²) in [5.41, 5.74) is 3.31. The number of aromatic nitrogens is 1. The summed E-state index contributed by atoms with van der Waals surface area (Å²) >= 11 is 6.14. The molecule has 1 aromatic heterocycles. The molecule has 0 unspecified atom stereocenters. The molecule has 0 atom stereocenters. The second-order valence-electron chi connectivity index (χ2n) is 4.22. The monoisotopic (exact) mass is 219 g/mol. The Bertz CT molecular complexity index is 503. The Hall–Kier alpha value is -1.08. The first-order valence-electron chi connectivity index (χ1n) is 5.14. The lowest BCUT2D eigenvalue weighted by molar-refractivity contribution is 0.862. The van der Waals surface area contributed by atoms with Gasteiger partial charge < -0.3 is 0 Å². The second kappa shape index (κ2) is 3.82. The highest BCUT2D eigenvalue weighted by Gasteiger charge is 2.08. The molecule has 0 bridgehead atoms. The van der Waals surface area contributed by atoms with Crippen molar-refractivity contribution in [1.82, 2.24) is 4.98 Å². The Balaban J connectivity index is 2.71. The van der Waals surface area contributed by atoms with Crippen molar-refractivity contribution in [3.63, 3.8) is 0 Å². The van der Waals surface area contributed by atoms with Gasteiger partial charge in [0.05, 0.1) is 5.52 Å². The van der Waals surface area contributed by atoms with Crippen LogP contribution in [0.4, 0.5) is 0 Å². The number of benzene rings is 1. The molecule has 1 aromatic carbocycles. The van der Waals surface area contributed by atoms with Crippen molar-refractivity contribution in [2.75, 3.05) is 0 Å². The van der Waals surface area contributed by atoms with Gasteiger partial charge >= 0.3 is 0 Å². The Morgan fingerprint density at radius 3 is 2.60 bits per heavy atom. The van der Waals surface area contributed by atoms with E-state index in [-0.39, 0.29) is 0 Å². The van der Waals surface area contributed by atoms with Crippen molar-refractivity contribution < 1.29 is 0 Å². The van der Waals surface area contributed by atoms with E-state index < -0.39 is 0 Å². The molecule has 2 heteroatoms. The molecule has 2 aromatic rings. The van der Waals surface area contributed by atoms with Crippen molar-refractivity contribution in [2.24, 2.45) is 0 Å². The van der Waals surface area contributed by atoms with Crippen molar-refractivity contribution >= 4 is 22.5 Å². The largest absolute Gasteiger partial charge is 0.236 e. The van der Waals surface area contributed by atoms with Gasteiger partial charge in [0.1, 0.15) is 5.15 Å². The number of nitrogens with zero attached hydrogens (tertiary/aromatic N) is 1. The van der Waals surface area contributed by atoms with Crippen LogP contribution in [0.5, 0.6) is 0 Å². The summed E-state index contributed by atoms with van der Waals surface area (Å²) in [6.45, 7) is 6.32. The van der Waals surface area contributed by atoms with Gasteiger partial charge in [0.2, 0.25) is 0 Å². The number of hydrogen-bond acceptors (Lipinski definition) is 1. The van der Waals surface area contributed by atoms with Crippen LogP contribution in [0.2, 0.25) is 5.15 Å². The highest BCUT2D eigenvalue weighted by molar-refractivity contribution is 6.30. The zero-order valence-corrected chi connectivity index (χ0v) is 9.97. The summed E-state index contributed by atoms with van der Waals surface area (Å²) in [4.78, 5) is 4.42. The van der Waals surface area contributed by atoms with Crippen LogP contribution in [0, 0.1) is 6.92 Å². The van der Waals surface area contributed by atoms with Gasteiger partial charge in [0.25, 0.3) is 0 Å². The number of halogens is 1. The van der Waals surface area contributed by atoms with Crippen molar-refractivity contribution in [3.05, 3.63) is 40.5 Å². The minimum atomic E-state index is 0.413. The van der Waals surface area contributed by atoms with Crippen LogP contribution in [0.1, 0.15) is 30.9 Å². The Kier molecular flexibility index (Phi) is 2.66. The molecule has 0 saturated carbocycles. The molecule has 0 fully saturated rings. The summed E-state index contributed by atoms with van der Waals surface area (Å²) in [6.07, 6.45) is 0. The molecular formula is C13H14ClN. The van der Waals surface area contributed by atoms with Crippen molar-refractivity contribution in [3.8, 4) is 0 Å². The molecule has 0 saturated heterocycles. The van der Waals surface area contributed by atoms with Crippen molar-refractivity contribution in [2.45, 2.75) is 26.7 Å². The van der Waals surface area contributed by atoms with E-state index in [1.807, 2.05) is 0 Å². The van der Waals surface area contributed by atoms with E-state index in [0.717, 1.165) is 16.5 Å². The summed E-state index contributed by atoms with van der Waals surface area (Å²) in [6, 6.07) is 8.39. The van der Waals surface area contributed by atoms with Gasteiger partial charge in [-0.2, -0.15) is 0 Å². The normalized spacial score (nSPS) is 11.3. The fourth-order valence-corrected chi connectivity index (χ4v) is 2.04. The number of hydrogen-bond donors (Lipinski definition) is 0. The van der Waals surface area contributed by atoms with Crippen LogP contribution in [0.25, 0.3) is 10.9 Å². The van der Waals surface area contributed by atoms with Crippen LogP contribution in [0.15, 0.2) is 24.3 Å². The van der Waals surface area contributed by atoms with E-state index in [1.54, 1.807) is 0 Å². The number of fused-ring (bicyclic) bond motifs is 1. The lowest BCUT2D eigenvalue weighted by Gasteiger charge is -2.09.